The molecule has 0 saturated carbocycles. The molecule has 0 aliphatic carbocycles. The number of aromatic amines is 1. The number of hydrogen-bond donors (Lipinski definition) is 1. The highest BCUT2D eigenvalue weighted by molar-refractivity contribution is 6.31. The molecule has 0 bridgehead atoms. The van der Waals surface area contributed by atoms with Crippen LogP contribution in [0.15, 0.2) is 48.8 Å². The van der Waals surface area contributed by atoms with Crippen molar-refractivity contribution in [2.75, 3.05) is 6.54 Å². The minimum absolute atomic E-state index is 0.00106. The van der Waals surface area contributed by atoms with Gasteiger partial charge >= 0.3 is 0 Å². The Bertz CT molecular complexity index is 1800. The van der Waals surface area contributed by atoms with Crippen LogP contribution in [0.1, 0.15) is 41.5 Å². The second kappa shape index (κ2) is 10.4. The Morgan fingerprint density at radius 1 is 1.15 bits per heavy atom. The highest BCUT2D eigenvalue weighted by Crippen LogP contribution is 2.34. The van der Waals surface area contributed by atoms with Gasteiger partial charge in [0.15, 0.2) is 17.4 Å². The third-order valence-electron chi connectivity index (χ3n) is 7.06. The number of nitrogens with one attached hydrogen (secondary N) is 1. The van der Waals surface area contributed by atoms with Gasteiger partial charge in [0.25, 0.3) is 0 Å². The second-order valence-electron chi connectivity index (χ2n) is 9.85. The highest BCUT2D eigenvalue weighted by Gasteiger charge is 2.38. The van der Waals surface area contributed by atoms with Gasteiger partial charge in [0.2, 0.25) is 5.91 Å². The molecule has 1 aliphatic heterocycles. The molecule has 13 heteroatoms. The largest absolute Gasteiger partial charge is 0.328 e. The number of aryl methyl sites for hydroxylation is 1. The molecule has 41 heavy (non-hydrogen) atoms. The van der Waals surface area contributed by atoms with Gasteiger partial charge in [0.1, 0.15) is 30.1 Å². The summed E-state index contributed by atoms with van der Waals surface area (Å²) in [6, 6.07) is 9.14. The van der Waals surface area contributed by atoms with E-state index in [-0.39, 0.29) is 53.2 Å². The smallest absolute Gasteiger partial charge is 0.245 e. The molecule has 208 valence electrons. The lowest BCUT2D eigenvalue weighted by Crippen LogP contribution is -2.34. The number of aromatic nitrogens is 7. The molecule has 4 heterocycles. The van der Waals surface area contributed by atoms with Gasteiger partial charge < -0.3 is 4.90 Å². The van der Waals surface area contributed by atoms with Crippen LogP contribution in [0.2, 0.25) is 5.02 Å². The van der Waals surface area contributed by atoms with E-state index in [1.165, 1.54) is 28.6 Å². The summed E-state index contributed by atoms with van der Waals surface area (Å²) in [4.78, 5) is 40.2. The van der Waals surface area contributed by atoms with Crippen LogP contribution in [0.4, 0.5) is 8.78 Å². The quantitative estimate of drug-likeness (QED) is 0.285. The lowest BCUT2D eigenvalue weighted by atomic mass is 10.0. The second-order valence-corrected chi connectivity index (χ2v) is 10.3. The average molecular weight is 577 g/mol. The van der Waals surface area contributed by atoms with E-state index < -0.39 is 23.9 Å². The van der Waals surface area contributed by atoms with Gasteiger partial charge in [-0.2, -0.15) is 10.2 Å². The molecule has 10 nitrogen and oxygen atoms in total. The van der Waals surface area contributed by atoms with Crippen LogP contribution >= 0.6 is 11.6 Å². The molecule has 1 N–H and O–H groups in total. The Morgan fingerprint density at radius 3 is 2.68 bits per heavy atom. The number of halogens is 3. The fraction of sp³-hybridized carbons (Fsp3) is 0.250. The van der Waals surface area contributed by atoms with E-state index in [1.54, 1.807) is 31.5 Å². The van der Waals surface area contributed by atoms with Crippen LogP contribution in [-0.4, -0.2) is 64.2 Å². The predicted molar refractivity (Wildman–Crippen MR) is 146 cm³/mol. The number of alkyl halides is 1. The minimum Gasteiger partial charge on any atom is -0.328 e. The predicted octanol–water partition coefficient (Wildman–Crippen LogP) is 4.89. The van der Waals surface area contributed by atoms with Crippen LogP contribution in [0.5, 0.6) is 0 Å². The van der Waals surface area contributed by atoms with Crippen molar-refractivity contribution in [3.63, 3.8) is 0 Å². The SMILES string of the molecule is CC(=O)c1nn(CC(=O)N2C[C@H](F)C[C@@H]2c2nc(-c3cccc(Cl)c3F)n[nH]2)c2ccc(-c3cnc(C)nc3)cc12. The van der Waals surface area contributed by atoms with Gasteiger partial charge in [-0.3, -0.25) is 19.4 Å². The fourth-order valence-corrected chi connectivity index (χ4v) is 5.21. The number of carbonyl (C=O) groups is 2. The number of H-pyrrole nitrogens is 1. The molecule has 1 fully saturated rings. The molecule has 0 radical (unpaired) electrons. The Hall–Kier alpha value is -4.58. The molecular formula is C28H23ClF2N8O2. The van der Waals surface area contributed by atoms with Gasteiger partial charge in [-0.25, -0.2) is 23.7 Å². The van der Waals surface area contributed by atoms with Gasteiger partial charge in [0, 0.05) is 36.7 Å². The summed E-state index contributed by atoms with van der Waals surface area (Å²) in [6.45, 7) is 2.81. The standard InChI is InChI=1S/C28H23ClF2N8O2/c1-14(40)26-20-8-16(17-10-32-15(2)33-11-17)6-7-22(20)39(37-26)13-24(41)38-12-18(30)9-23(38)28-34-27(35-36-28)19-4-3-5-21(29)25(19)31/h3-8,10-11,18,23H,9,12-13H2,1-2H3,(H,34,35,36)/t18-,23-/m1/s1. The Labute approximate surface area is 237 Å². The Kier molecular flexibility index (Phi) is 6.78. The molecule has 0 unspecified atom stereocenters. The van der Waals surface area contributed by atoms with E-state index in [1.807, 2.05) is 12.1 Å². The molecule has 3 aromatic heterocycles. The summed E-state index contributed by atoms with van der Waals surface area (Å²) in [5.74, 6) is -0.436. The first-order valence-corrected chi connectivity index (χ1v) is 13.2. The first kappa shape index (κ1) is 26.6. The molecule has 5 aromatic rings. The zero-order valence-corrected chi connectivity index (χ0v) is 22.7. The number of amides is 1. The molecular weight excluding hydrogens is 554 g/mol. The van der Waals surface area contributed by atoms with Crippen molar-refractivity contribution in [3.05, 3.63) is 77.0 Å². The molecule has 1 amide bonds. The number of benzene rings is 2. The molecule has 1 aliphatic rings. The number of rotatable bonds is 6. The van der Waals surface area contributed by atoms with E-state index >= 15 is 0 Å². The monoisotopic (exact) mass is 576 g/mol. The van der Waals surface area contributed by atoms with E-state index in [0.29, 0.717) is 16.7 Å². The number of fused-ring (bicyclic) bond motifs is 1. The average Bonchev–Trinajstić information content (AvgIpc) is 3.68. The van der Waals surface area contributed by atoms with Crippen LogP contribution in [0.3, 0.4) is 0 Å². The summed E-state index contributed by atoms with van der Waals surface area (Å²) < 4.78 is 30.6. The van der Waals surface area contributed by atoms with Gasteiger partial charge in [-0.1, -0.05) is 23.7 Å². The molecule has 1 saturated heterocycles. The number of Topliss-reactive ketones (excluding diaryl/α,β-unsaturated/α-hetero) is 1. The number of hydrogen-bond acceptors (Lipinski definition) is 7. The number of likely N-dealkylation sites (tertiary alicyclic amines) is 1. The lowest BCUT2D eigenvalue weighted by molar-refractivity contribution is -0.133. The van der Waals surface area contributed by atoms with Gasteiger partial charge in [-0.05, 0) is 36.8 Å². The minimum atomic E-state index is -1.29. The zero-order chi connectivity index (χ0) is 28.8. The maximum absolute atomic E-state index is 14.6. The van der Waals surface area contributed by atoms with Crippen molar-refractivity contribution >= 4 is 34.2 Å². The molecule has 2 aromatic carbocycles. The fourth-order valence-electron chi connectivity index (χ4n) is 5.04. The van der Waals surface area contributed by atoms with Crippen molar-refractivity contribution in [2.45, 2.75) is 39.0 Å². The van der Waals surface area contributed by atoms with E-state index in [0.717, 1.165) is 11.1 Å². The zero-order valence-electron chi connectivity index (χ0n) is 22.0. The molecule has 2 atom stereocenters. The first-order chi connectivity index (χ1) is 19.7. The van der Waals surface area contributed by atoms with Crippen molar-refractivity contribution in [1.29, 1.82) is 0 Å². The highest BCUT2D eigenvalue weighted by atomic mass is 35.5. The van der Waals surface area contributed by atoms with Crippen molar-refractivity contribution in [2.24, 2.45) is 0 Å². The normalized spacial score (nSPS) is 17.0. The molecule has 6 rings (SSSR count). The Morgan fingerprint density at radius 2 is 1.93 bits per heavy atom. The van der Waals surface area contributed by atoms with Crippen molar-refractivity contribution in [1.82, 2.24) is 39.8 Å². The lowest BCUT2D eigenvalue weighted by Gasteiger charge is -2.22. The maximum Gasteiger partial charge on any atom is 0.245 e. The number of ketones is 1. The first-order valence-electron chi connectivity index (χ1n) is 12.8. The van der Waals surface area contributed by atoms with E-state index in [2.05, 4.69) is 30.2 Å². The van der Waals surface area contributed by atoms with Crippen LogP contribution in [0.25, 0.3) is 33.4 Å². The number of carbonyl (C=O) groups excluding carboxylic acids is 2. The van der Waals surface area contributed by atoms with E-state index in [9.17, 15) is 18.4 Å². The Balaban J connectivity index is 1.29. The maximum atomic E-state index is 14.6. The van der Waals surface area contributed by atoms with Gasteiger partial charge in [0.05, 0.1) is 28.7 Å². The third-order valence-corrected chi connectivity index (χ3v) is 7.36. The van der Waals surface area contributed by atoms with E-state index in [4.69, 9.17) is 11.6 Å². The van der Waals surface area contributed by atoms with Crippen LogP contribution in [0, 0.1) is 12.7 Å². The summed E-state index contributed by atoms with van der Waals surface area (Å²) >= 11 is 5.89. The topological polar surface area (TPSA) is 123 Å². The van der Waals surface area contributed by atoms with Crippen molar-refractivity contribution in [3.8, 4) is 22.5 Å². The van der Waals surface area contributed by atoms with Crippen LogP contribution < -0.4 is 0 Å². The van der Waals surface area contributed by atoms with Crippen LogP contribution in [-0.2, 0) is 11.3 Å². The summed E-state index contributed by atoms with van der Waals surface area (Å²) in [7, 11) is 0. The summed E-state index contributed by atoms with van der Waals surface area (Å²) in [5, 5.41) is 11.7. The molecule has 0 spiro atoms. The van der Waals surface area contributed by atoms with Gasteiger partial charge in [-0.15, -0.1) is 0 Å². The summed E-state index contributed by atoms with van der Waals surface area (Å²) in [6.07, 6.45) is 2.10. The third kappa shape index (κ3) is 4.95. The van der Waals surface area contributed by atoms with Crippen molar-refractivity contribution < 1.29 is 18.4 Å². The summed E-state index contributed by atoms with van der Waals surface area (Å²) in [5.41, 5.74) is 2.44. The number of nitrogens with zero attached hydrogens (tertiary/aromatic N) is 7.